The predicted molar refractivity (Wildman–Crippen MR) is 142 cm³/mol. The summed E-state index contributed by atoms with van der Waals surface area (Å²) < 4.78 is 0. The molecular formula is C31H46O3. The van der Waals surface area contributed by atoms with Crippen LogP contribution in [0.5, 0.6) is 0 Å². The highest BCUT2D eigenvalue weighted by atomic mass is 16.3. The van der Waals surface area contributed by atoms with Gasteiger partial charge < -0.3 is 5.11 Å². The molecule has 1 aliphatic rings. The Morgan fingerprint density at radius 3 is 2.06 bits per heavy atom. The van der Waals surface area contributed by atoms with Gasteiger partial charge in [0.05, 0.1) is 6.10 Å². The molecule has 0 amide bonds. The Balaban J connectivity index is 1.77. The standard InChI is InChI=1S/C31H46O3/c1-21(2)11-9-12-22(3)13-10-14-23(4)19-26(32)20-24(5)17-18-27-25(6)30(33)28-15-7-8-16-29(28)31(27)34/h7-8,15-17,21-23,26,32H,9-14,18-20H2,1-6H3/t22-,23-,26+/m1/s1. The zero-order chi connectivity index (χ0) is 25.3. The Hall–Kier alpha value is -2.00. The molecule has 0 spiro atoms. The predicted octanol–water partition coefficient (Wildman–Crippen LogP) is 8.13. The maximum atomic E-state index is 12.9. The maximum Gasteiger partial charge on any atom is 0.190 e. The van der Waals surface area contributed by atoms with E-state index in [-0.39, 0.29) is 17.7 Å². The number of rotatable bonds is 14. The number of allylic oxidation sites excluding steroid dienone is 3. The fourth-order valence-corrected chi connectivity index (χ4v) is 5.03. The van der Waals surface area contributed by atoms with E-state index in [0.29, 0.717) is 41.0 Å². The molecule has 0 aliphatic heterocycles. The molecule has 1 aliphatic carbocycles. The van der Waals surface area contributed by atoms with Crippen molar-refractivity contribution in [1.29, 1.82) is 0 Å². The highest BCUT2D eigenvalue weighted by molar-refractivity contribution is 6.26. The molecule has 0 bridgehead atoms. The Kier molecular flexibility index (Phi) is 11.4. The van der Waals surface area contributed by atoms with Gasteiger partial charge in [-0.15, -0.1) is 0 Å². The molecule has 1 N–H and O–H groups in total. The number of ketones is 2. The third-order valence-electron chi connectivity index (χ3n) is 7.24. The van der Waals surface area contributed by atoms with Crippen molar-refractivity contribution in [2.24, 2.45) is 17.8 Å². The van der Waals surface area contributed by atoms with Gasteiger partial charge >= 0.3 is 0 Å². The molecule has 0 unspecified atom stereocenters. The highest BCUT2D eigenvalue weighted by Crippen LogP contribution is 2.29. The summed E-state index contributed by atoms with van der Waals surface area (Å²) in [5.41, 5.74) is 3.19. The number of hydrogen-bond acceptors (Lipinski definition) is 3. The fourth-order valence-electron chi connectivity index (χ4n) is 5.03. The number of carbonyl (C=O) groups excluding carboxylic acids is 2. The van der Waals surface area contributed by atoms with Crippen molar-refractivity contribution < 1.29 is 14.7 Å². The van der Waals surface area contributed by atoms with Crippen LogP contribution in [0.25, 0.3) is 0 Å². The first-order valence-electron chi connectivity index (χ1n) is 13.3. The van der Waals surface area contributed by atoms with Crippen molar-refractivity contribution in [3.8, 4) is 0 Å². The van der Waals surface area contributed by atoms with Crippen LogP contribution in [0.4, 0.5) is 0 Å². The van der Waals surface area contributed by atoms with Crippen LogP contribution in [0.2, 0.25) is 0 Å². The van der Waals surface area contributed by atoms with E-state index in [9.17, 15) is 14.7 Å². The van der Waals surface area contributed by atoms with Gasteiger partial charge in [-0.2, -0.15) is 0 Å². The Bertz CT molecular complexity index is 890. The quantitative estimate of drug-likeness (QED) is 0.282. The van der Waals surface area contributed by atoms with E-state index in [1.165, 1.54) is 32.1 Å². The zero-order valence-electron chi connectivity index (χ0n) is 22.3. The van der Waals surface area contributed by atoms with Crippen LogP contribution in [-0.4, -0.2) is 22.8 Å². The average Bonchev–Trinajstić information content (AvgIpc) is 2.77. The molecule has 2 rings (SSSR count). The second kappa shape index (κ2) is 13.8. The third-order valence-corrected chi connectivity index (χ3v) is 7.24. The summed E-state index contributed by atoms with van der Waals surface area (Å²) in [6.07, 6.45) is 11.2. The lowest BCUT2D eigenvalue weighted by atomic mass is 9.83. The van der Waals surface area contributed by atoms with Crippen LogP contribution in [0.1, 0.15) is 120 Å². The molecule has 3 heteroatoms. The Morgan fingerprint density at radius 1 is 0.882 bits per heavy atom. The summed E-state index contributed by atoms with van der Waals surface area (Å²) in [6, 6.07) is 7.05. The van der Waals surface area contributed by atoms with E-state index in [0.717, 1.165) is 30.3 Å². The second-order valence-corrected chi connectivity index (χ2v) is 11.1. The summed E-state index contributed by atoms with van der Waals surface area (Å²) in [7, 11) is 0. The molecule has 1 aromatic rings. The van der Waals surface area contributed by atoms with Crippen molar-refractivity contribution in [1.82, 2.24) is 0 Å². The van der Waals surface area contributed by atoms with Gasteiger partial charge in [-0.05, 0) is 50.9 Å². The van der Waals surface area contributed by atoms with Crippen molar-refractivity contribution in [3.63, 3.8) is 0 Å². The van der Waals surface area contributed by atoms with E-state index in [4.69, 9.17) is 0 Å². The lowest BCUT2D eigenvalue weighted by Crippen LogP contribution is -2.20. The van der Waals surface area contributed by atoms with Crippen LogP contribution in [-0.2, 0) is 0 Å². The first-order chi connectivity index (χ1) is 16.1. The summed E-state index contributed by atoms with van der Waals surface area (Å²) in [5.74, 6) is 1.99. The van der Waals surface area contributed by atoms with E-state index >= 15 is 0 Å². The van der Waals surface area contributed by atoms with E-state index in [1.807, 2.05) is 13.0 Å². The lowest BCUT2D eigenvalue weighted by molar-refractivity contribution is 0.0973. The number of fused-ring (bicyclic) bond motifs is 1. The minimum Gasteiger partial charge on any atom is -0.393 e. The summed E-state index contributed by atoms with van der Waals surface area (Å²) in [6.45, 7) is 12.9. The Labute approximate surface area is 207 Å². The van der Waals surface area contributed by atoms with Gasteiger partial charge in [-0.1, -0.05) is 102 Å². The van der Waals surface area contributed by atoms with Crippen LogP contribution in [0.15, 0.2) is 47.1 Å². The van der Waals surface area contributed by atoms with Crippen molar-refractivity contribution in [2.45, 2.75) is 105 Å². The molecule has 0 heterocycles. The molecule has 1 aromatic carbocycles. The minimum atomic E-state index is -0.366. The van der Waals surface area contributed by atoms with Gasteiger partial charge in [0, 0.05) is 22.3 Å². The smallest absolute Gasteiger partial charge is 0.190 e. The van der Waals surface area contributed by atoms with Crippen LogP contribution >= 0.6 is 0 Å². The molecule has 34 heavy (non-hydrogen) atoms. The molecule has 0 fully saturated rings. The molecule has 0 radical (unpaired) electrons. The van der Waals surface area contributed by atoms with Crippen LogP contribution < -0.4 is 0 Å². The van der Waals surface area contributed by atoms with Gasteiger partial charge in [0.1, 0.15) is 0 Å². The lowest BCUT2D eigenvalue weighted by Gasteiger charge is -2.19. The number of benzene rings is 1. The average molecular weight is 467 g/mol. The van der Waals surface area contributed by atoms with Crippen molar-refractivity contribution in [3.05, 3.63) is 58.2 Å². The molecule has 0 aromatic heterocycles. The SMILES string of the molecule is CC(=CCC1=C(C)C(=O)c2ccccc2C1=O)C[C@@H](O)C[C@H](C)CCC[C@H](C)CCCC(C)C. The molecule has 188 valence electrons. The third kappa shape index (κ3) is 8.65. The maximum absolute atomic E-state index is 12.9. The van der Waals surface area contributed by atoms with Crippen LogP contribution in [0.3, 0.4) is 0 Å². The van der Waals surface area contributed by atoms with E-state index < -0.39 is 0 Å². The molecule has 3 nitrogen and oxygen atoms in total. The molecule has 0 saturated carbocycles. The number of hydrogen-bond donors (Lipinski definition) is 1. The van der Waals surface area contributed by atoms with Gasteiger partial charge in [-0.25, -0.2) is 0 Å². The molecule has 3 atom stereocenters. The topological polar surface area (TPSA) is 54.4 Å². The molecular weight excluding hydrogens is 420 g/mol. The minimum absolute atomic E-state index is 0.0515. The fraction of sp³-hybridized carbons (Fsp3) is 0.613. The Morgan fingerprint density at radius 2 is 1.44 bits per heavy atom. The van der Waals surface area contributed by atoms with Gasteiger partial charge in [0.2, 0.25) is 0 Å². The monoisotopic (exact) mass is 466 g/mol. The highest BCUT2D eigenvalue weighted by Gasteiger charge is 2.28. The van der Waals surface area contributed by atoms with Gasteiger partial charge in [0.15, 0.2) is 11.6 Å². The summed E-state index contributed by atoms with van der Waals surface area (Å²) in [5, 5.41) is 10.6. The van der Waals surface area contributed by atoms with E-state index in [2.05, 4.69) is 27.7 Å². The van der Waals surface area contributed by atoms with Crippen LogP contribution in [0, 0.1) is 17.8 Å². The van der Waals surface area contributed by atoms with E-state index in [1.54, 1.807) is 31.2 Å². The first kappa shape index (κ1) is 28.2. The number of aliphatic hydroxyl groups is 1. The second-order valence-electron chi connectivity index (χ2n) is 11.1. The van der Waals surface area contributed by atoms with Crippen molar-refractivity contribution >= 4 is 11.6 Å². The summed E-state index contributed by atoms with van der Waals surface area (Å²) >= 11 is 0. The largest absolute Gasteiger partial charge is 0.393 e. The number of carbonyl (C=O) groups is 2. The first-order valence-corrected chi connectivity index (χ1v) is 13.3. The molecule has 0 saturated heterocycles. The van der Waals surface area contributed by atoms with Gasteiger partial charge in [0.25, 0.3) is 0 Å². The zero-order valence-corrected chi connectivity index (χ0v) is 22.3. The normalized spacial score (nSPS) is 17.2. The summed E-state index contributed by atoms with van der Waals surface area (Å²) in [4.78, 5) is 25.6. The number of aliphatic hydroxyl groups excluding tert-OH is 1. The number of Topliss-reactive ketones (excluding diaryl/α,β-unsaturated/α-hetero) is 2. The van der Waals surface area contributed by atoms with Gasteiger partial charge in [-0.3, -0.25) is 9.59 Å². The van der Waals surface area contributed by atoms with Crippen molar-refractivity contribution in [2.75, 3.05) is 0 Å².